The maximum atomic E-state index is 11.6. The summed E-state index contributed by atoms with van der Waals surface area (Å²) in [5.41, 5.74) is 1.39. The Balaban J connectivity index is 2.12. The highest BCUT2D eigenvalue weighted by Gasteiger charge is 2.28. The summed E-state index contributed by atoms with van der Waals surface area (Å²) in [6.07, 6.45) is 0. The zero-order chi connectivity index (χ0) is 16.1. The number of rotatable bonds is 4. The highest BCUT2D eigenvalue weighted by Crippen LogP contribution is 2.25. The molecule has 0 aliphatic carbocycles. The molecule has 0 aromatic heterocycles. The average Bonchev–Trinajstić information content (AvgIpc) is 2.50. The molecule has 2 rings (SSSR count). The molecule has 22 heavy (non-hydrogen) atoms. The molecule has 6 nitrogen and oxygen atoms in total. The molecule has 2 amide bonds. The largest absolute Gasteiger partial charge is 0.480 e. The number of carboxylic acids is 1. The summed E-state index contributed by atoms with van der Waals surface area (Å²) in [6, 6.07) is 6.18. The fourth-order valence-electron chi connectivity index (χ4n) is 2.33. The fraction of sp³-hybridized carbons (Fsp3) is 0.467. The van der Waals surface area contributed by atoms with Gasteiger partial charge in [0.05, 0.1) is 0 Å². The summed E-state index contributed by atoms with van der Waals surface area (Å²) < 4.78 is 0. The van der Waals surface area contributed by atoms with Gasteiger partial charge in [-0.2, -0.15) is 11.8 Å². The molecule has 1 aromatic carbocycles. The van der Waals surface area contributed by atoms with E-state index in [1.165, 1.54) is 4.90 Å². The average molecular weight is 323 g/mol. The summed E-state index contributed by atoms with van der Waals surface area (Å²) in [5, 5.41) is 12.3. The first-order valence-corrected chi connectivity index (χ1v) is 8.27. The number of benzene rings is 1. The normalized spacial score (nSPS) is 16.8. The van der Waals surface area contributed by atoms with Crippen LogP contribution in [-0.4, -0.2) is 65.6 Å². The van der Waals surface area contributed by atoms with Gasteiger partial charge in [0.2, 0.25) is 0 Å². The van der Waals surface area contributed by atoms with E-state index in [2.05, 4.69) is 5.32 Å². The van der Waals surface area contributed by atoms with Gasteiger partial charge in [0.15, 0.2) is 0 Å². The molecular weight excluding hydrogens is 302 g/mol. The van der Waals surface area contributed by atoms with Crippen LogP contribution in [-0.2, 0) is 4.79 Å². The molecule has 1 aliphatic rings. The summed E-state index contributed by atoms with van der Waals surface area (Å²) in [7, 11) is 3.33. The number of thioether (sulfide) groups is 1. The summed E-state index contributed by atoms with van der Waals surface area (Å²) in [6.45, 7) is 1.56. The molecule has 1 aliphatic heterocycles. The second kappa shape index (κ2) is 7.51. The van der Waals surface area contributed by atoms with E-state index in [1.807, 2.05) is 16.7 Å². The molecule has 7 heteroatoms. The van der Waals surface area contributed by atoms with Crippen molar-refractivity contribution >= 4 is 29.4 Å². The van der Waals surface area contributed by atoms with Crippen LogP contribution in [0.3, 0.4) is 0 Å². The molecule has 0 radical (unpaired) electrons. The van der Waals surface area contributed by atoms with E-state index in [0.29, 0.717) is 5.69 Å². The third-order valence-corrected chi connectivity index (χ3v) is 4.47. The molecule has 1 aromatic rings. The lowest BCUT2D eigenvalue weighted by Gasteiger charge is -2.32. The summed E-state index contributed by atoms with van der Waals surface area (Å²) in [5.74, 6) is 1.08. The van der Waals surface area contributed by atoms with Gasteiger partial charge in [0, 0.05) is 44.4 Å². The number of aliphatic carboxylic acids is 1. The summed E-state index contributed by atoms with van der Waals surface area (Å²) in [4.78, 5) is 26.7. The second-order valence-electron chi connectivity index (χ2n) is 5.34. The Labute approximate surface area is 134 Å². The molecule has 0 unspecified atom stereocenters. The van der Waals surface area contributed by atoms with E-state index in [4.69, 9.17) is 0 Å². The Morgan fingerprint density at radius 1 is 1.23 bits per heavy atom. The Morgan fingerprint density at radius 2 is 1.82 bits per heavy atom. The van der Waals surface area contributed by atoms with E-state index in [9.17, 15) is 14.7 Å². The van der Waals surface area contributed by atoms with Crippen LogP contribution in [0.5, 0.6) is 0 Å². The van der Waals surface area contributed by atoms with Crippen LogP contribution >= 0.6 is 11.8 Å². The summed E-state index contributed by atoms with van der Waals surface area (Å²) >= 11 is 1.85. The van der Waals surface area contributed by atoms with E-state index in [-0.39, 0.29) is 6.03 Å². The SMILES string of the molecule is CN(C)C(=O)Nc1ccc([C@@H](C(=O)O)N2CCSCC2)cc1. The number of carbonyl (C=O) groups is 2. The Hall–Kier alpha value is -1.73. The molecule has 1 heterocycles. The second-order valence-corrected chi connectivity index (χ2v) is 6.56. The van der Waals surface area contributed by atoms with Gasteiger partial charge in [0.25, 0.3) is 0 Å². The van der Waals surface area contributed by atoms with E-state index in [1.54, 1.807) is 38.4 Å². The molecule has 1 fully saturated rings. The molecule has 0 spiro atoms. The number of carboxylic acid groups (broad SMARTS) is 1. The lowest BCUT2D eigenvalue weighted by atomic mass is 10.0. The van der Waals surface area contributed by atoms with Crippen LogP contribution in [0.25, 0.3) is 0 Å². The molecule has 120 valence electrons. The van der Waals surface area contributed by atoms with Crippen molar-refractivity contribution in [3.8, 4) is 0 Å². The van der Waals surface area contributed by atoms with Gasteiger partial charge in [-0.3, -0.25) is 9.69 Å². The lowest BCUT2D eigenvalue weighted by molar-refractivity contribution is -0.143. The first kappa shape index (κ1) is 16.6. The van der Waals surface area contributed by atoms with Gasteiger partial charge < -0.3 is 15.3 Å². The van der Waals surface area contributed by atoms with Crippen LogP contribution in [0.15, 0.2) is 24.3 Å². The fourth-order valence-corrected chi connectivity index (χ4v) is 3.26. The number of nitrogens with zero attached hydrogens (tertiary/aromatic N) is 2. The first-order valence-electron chi connectivity index (χ1n) is 7.12. The van der Waals surface area contributed by atoms with Crippen molar-refractivity contribution in [1.82, 2.24) is 9.80 Å². The predicted molar refractivity (Wildman–Crippen MR) is 88.4 cm³/mol. The monoisotopic (exact) mass is 323 g/mol. The lowest BCUT2D eigenvalue weighted by Crippen LogP contribution is -2.39. The highest BCUT2D eigenvalue weighted by atomic mass is 32.2. The van der Waals surface area contributed by atoms with Crippen molar-refractivity contribution in [2.45, 2.75) is 6.04 Å². The van der Waals surface area contributed by atoms with Crippen LogP contribution in [0.1, 0.15) is 11.6 Å². The topological polar surface area (TPSA) is 72.9 Å². The maximum absolute atomic E-state index is 11.6. The zero-order valence-electron chi connectivity index (χ0n) is 12.8. The standard InChI is InChI=1S/C15H21N3O3S/c1-17(2)15(21)16-12-5-3-11(4-6-12)13(14(19)20)18-7-9-22-10-8-18/h3-6,13H,7-10H2,1-2H3,(H,16,21)(H,19,20)/t13-/m0/s1. The number of hydrogen-bond acceptors (Lipinski definition) is 4. The molecular formula is C15H21N3O3S. The van der Waals surface area contributed by atoms with Gasteiger partial charge in [-0.05, 0) is 17.7 Å². The minimum Gasteiger partial charge on any atom is -0.480 e. The minimum atomic E-state index is -0.836. The van der Waals surface area contributed by atoms with Gasteiger partial charge in [-0.25, -0.2) is 4.79 Å². The molecule has 2 N–H and O–H groups in total. The van der Waals surface area contributed by atoms with Crippen molar-refractivity contribution in [3.63, 3.8) is 0 Å². The quantitative estimate of drug-likeness (QED) is 0.886. The van der Waals surface area contributed by atoms with E-state index < -0.39 is 12.0 Å². The van der Waals surface area contributed by atoms with Crippen molar-refractivity contribution < 1.29 is 14.7 Å². The maximum Gasteiger partial charge on any atom is 0.325 e. The Bertz CT molecular complexity index is 527. The zero-order valence-corrected chi connectivity index (χ0v) is 13.6. The highest BCUT2D eigenvalue weighted by molar-refractivity contribution is 7.99. The number of urea groups is 1. The number of hydrogen-bond donors (Lipinski definition) is 2. The van der Waals surface area contributed by atoms with Crippen LogP contribution < -0.4 is 5.32 Å². The van der Waals surface area contributed by atoms with Gasteiger partial charge >= 0.3 is 12.0 Å². The van der Waals surface area contributed by atoms with Crippen LogP contribution in [0.4, 0.5) is 10.5 Å². The van der Waals surface area contributed by atoms with Crippen molar-refractivity contribution in [2.75, 3.05) is 44.0 Å². The number of carbonyl (C=O) groups excluding carboxylic acids is 1. The minimum absolute atomic E-state index is 0.212. The molecule has 1 saturated heterocycles. The van der Waals surface area contributed by atoms with Gasteiger partial charge in [-0.1, -0.05) is 12.1 Å². The van der Waals surface area contributed by atoms with Crippen LogP contribution in [0.2, 0.25) is 0 Å². The van der Waals surface area contributed by atoms with E-state index in [0.717, 1.165) is 30.2 Å². The smallest absolute Gasteiger partial charge is 0.325 e. The first-order chi connectivity index (χ1) is 10.5. The van der Waals surface area contributed by atoms with Crippen molar-refractivity contribution in [2.24, 2.45) is 0 Å². The van der Waals surface area contributed by atoms with Crippen molar-refractivity contribution in [3.05, 3.63) is 29.8 Å². The molecule has 0 saturated carbocycles. The van der Waals surface area contributed by atoms with Crippen LogP contribution in [0, 0.1) is 0 Å². The van der Waals surface area contributed by atoms with Gasteiger partial charge in [0.1, 0.15) is 6.04 Å². The number of anilines is 1. The third-order valence-electron chi connectivity index (χ3n) is 3.53. The van der Waals surface area contributed by atoms with E-state index >= 15 is 0 Å². The Kier molecular flexibility index (Phi) is 5.68. The predicted octanol–water partition coefficient (Wildman–Crippen LogP) is 1.95. The molecule has 0 bridgehead atoms. The molecule has 1 atom stereocenters. The third kappa shape index (κ3) is 4.14. The number of amides is 2. The van der Waals surface area contributed by atoms with Crippen molar-refractivity contribution in [1.29, 1.82) is 0 Å². The van der Waals surface area contributed by atoms with Gasteiger partial charge in [-0.15, -0.1) is 0 Å². The number of nitrogens with one attached hydrogen (secondary N) is 1. The Morgan fingerprint density at radius 3 is 2.32 bits per heavy atom.